The van der Waals surface area contributed by atoms with Crippen LogP contribution < -0.4 is 0 Å². The summed E-state index contributed by atoms with van der Waals surface area (Å²) in [5.41, 5.74) is 0.219. The molecule has 0 saturated heterocycles. The summed E-state index contributed by atoms with van der Waals surface area (Å²) >= 11 is 0. The first-order valence-corrected chi connectivity index (χ1v) is 2.89. The SMILES string of the molecule is N#CC1=NN(C#N)C=CC=C1. The Morgan fingerprint density at radius 1 is 1.36 bits per heavy atom. The fraction of sp³-hybridized carbons (Fsp3) is 0. The Balaban J connectivity index is 2.94. The average Bonchev–Trinajstić information content (AvgIpc) is 2.28. The predicted octanol–water partition coefficient (Wildman–Crippen LogP) is 0.733. The molecule has 0 unspecified atom stereocenters. The predicted molar refractivity (Wildman–Crippen MR) is 38.8 cm³/mol. The summed E-state index contributed by atoms with van der Waals surface area (Å²) in [5, 5.41) is 21.5. The van der Waals surface area contributed by atoms with Crippen molar-refractivity contribution in [2.24, 2.45) is 5.10 Å². The van der Waals surface area contributed by atoms with Crippen molar-refractivity contribution in [1.82, 2.24) is 5.01 Å². The van der Waals surface area contributed by atoms with Gasteiger partial charge in [-0.2, -0.15) is 15.5 Å². The zero-order valence-electron chi connectivity index (χ0n) is 5.60. The molecule has 0 amide bonds. The van der Waals surface area contributed by atoms with E-state index >= 15 is 0 Å². The lowest BCUT2D eigenvalue weighted by atomic mass is 10.3. The monoisotopic (exact) mass is 144 g/mol. The van der Waals surface area contributed by atoms with Gasteiger partial charge < -0.3 is 0 Å². The van der Waals surface area contributed by atoms with E-state index < -0.39 is 0 Å². The van der Waals surface area contributed by atoms with Gasteiger partial charge in [0.05, 0.1) is 0 Å². The Bertz CT molecular complexity index is 310. The summed E-state index contributed by atoms with van der Waals surface area (Å²) in [4.78, 5) is 0. The number of hydrogen-bond acceptors (Lipinski definition) is 4. The van der Waals surface area contributed by atoms with Crippen LogP contribution in [0.4, 0.5) is 0 Å². The van der Waals surface area contributed by atoms with Gasteiger partial charge in [0.25, 0.3) is 0 Å². The van der Waals surface area contributed by atoms with Crippen LogP contribution in [0.3, 0.4) is 0 Å². The third kappa shape index (κ3) is 1.67. The maximum atomic E-state index is 8.43. The molecule has 4 heteroatoms. The summed E-state index contributed by atoms with van der Waals surface area (Å²) in [6, 6.07) is 1.84. The zero-order valence-corrected chi connectivity index (χ0v) is 5.60. The summed E-state index contributed by atoms with van der Waals surface area (Å²) < 4.78 is 0. The molecule has 0 bridgehead atoms. The molecule has 11 heavy (non-hydrogen) atoms. The third-order valence-corrected chi connectivity index (χ3v) is 1.02. The van der Waals surface area contributed by atoms with Crippen LogP contribution in [0.25, 0.3) is 0 Å². The molecule has 0 spiro atoms. The molecule has 0 aromatic heterocycles. The van der Waals surface area contributed by atoms with Crippen molar-refractivity contribution in [2.45, 2.75) is 0 Å². The first-order valence-electron chi connectivity index (χ1n) is 2.89. The Morgan fingerprint density at radius 3 is 2.82 bits per heavy atom. The van der Waals surface area contributed by atoms with E-state index in [0.29, 0.717) is 0 Å². The summed E-state index contributed by atoms with van der Waals surface area (Å²) in [5.74, 6) is 0. The van der Waals surface area contributed by atoms with Crippen LogP contribution in [0.2, 0.25) is 0 Å². The highest BCUT2D eigenvalue weighted by atomic mass is 15.4. The number of hydrogen-bond donors (Lipinski definition) is 0. The van der Waals surface area contributed by atoms with Crippen LogP contribution in [-0.2, 0) is 0 Å². The summed E-state index contributed by atoms with van der Waals surface area (Å²) in [6.45, 7) is 0. The van der Waals surface area contributed by atoms with Crippen LogP contribution >= 0.6 is 0 Å². The molecular formula is C7H4N4. The van der Waals surface area contributed by atoms with Crippen LogP contribution in [0, 0.1) is 22.8 Å². The molecule has 0 N–H and O–H groups in total. The molecule has 52 valence electrons. The molecule has 0 radical (unpaired) electrons. The lowest BCUT2D eigenvalue weighted by Gasteiger charge is -1.97. The molecule has 0 fully saturated rings. The lowest BCUT2D eigenvalue weighted by Crippen LogP contribution is -2.02. The molecule has 1 heterocycles. The van der Waals surface area contributed by atoms with Gasteiger partial charge in [-0.05, 0) is 12.2 Å². The molecule has 0 saturated carbocycles. The smallest absolute Gasteiger partial charge is 0.191 e. The molecule has 1 aliphatic heterocycles. The van der Waals surface area contributed by atoms with E-state index in [1.54, 1.807) is 18.3 Å². The standard InChI is InChI=1S/C7H4N4/c8-5-7-3-1-2-4-11(6-9)10-7/h1-4H. The van der Waals surface area contributed by atoms with Crippen molar-refractivity contribution in [3.8, 4) is 12.3 Å². The topological polar surface area (TPSA) is 63.2 Å². The van der Waals surface area contributed by atoms with E-state index in [1.807, 2.05) is 6.07 Å². The Kier molecular flexibility index (Phi) is 2.04. The zero-order chi connectivity index (χ0) is 8.10. The lowest BCUT2D eigenvalue weighted by molar-refractivity contribution is 0.569. The molecule has 0 aromatic carbocycles. The second-order valence-corrected chi connectivity index (χ2v) is 1.74. The number of rotatable bonds is 0. The van der Waals surface area contributed by atoms with E-state index in [0.717, 1.165) is 5.01 Å². The second-order valence-electron chi connectivity index (χ2n) is 1.74. The van der Waals surface area contributed by atoms with Gasteiger partial charge in [0, 0.05) is 6.20 Å². The van der Waals surface area contributed by atoms with Crippen molar-refractivity contribution >= 4 is 5.71 Å². The van der Waals surface area contributed by atoms with Crippen molar-refractivity contribution in [3.05, 3.63) is 24.4 Å². The van der Waals surface area contributed by atoms with Gasteiger partial charge in [-0.25, -0.2) is 0 Å². The number of nitrogens with zero attached hydrogens (tertiary/aromatic N) is 4. The van der Waals surface area contributed by atoms with Gasteiger partial charge in [0.2, 0.25) is 6.19 Å². The van der Waals surface area contributed by atoms with Crippen LogP contribution in [0.1, 0.15) is 0 Å². The maximum absolute atomic E-state index is 8.43. The summed E-state index contributed by atoms with van der Waals surface area (Å²) in [7, 11) is 0. The fourth-order valence-electron chi connectivity index (χ4n) is 0.576. The van der Waals surface area contributed by atoms with Crippen molar-refractivity contribution in [2.75, 3.05) is 0 Å². The molecule has 1 rings (SSSR count). The molecule has 0 atom stereocenters. The maximum Gasteiger partial charge on any atom is 0.206 e. The molecule has 4 nitrogen and oxygen atoms in total. The van der Waals surface area contributed by atoms with E-state index in [-0.39, 0.29) is 5.71 Å². The first-order chi connectivity index (χ1) is 5.36. The van der Waals surface area contributed by atoms with Crippen LogP contribution in [0.15, 0.2) is 29.5 Å². The minimum Gasteiger partial charge on any atom is -0.191 e. The fourth-order valence-corrected chi connectivity index (χ4v) is 0.576. The largest absolute Gasteiger partial charge is 0.206 e. The first kappa shape index (κ1) is 7.04. The summed E-state index contributed by atoms with van der Waals surface area (Å²) in [6.07, 6.45) is 8.07. The minimum atomic E-state index is 0.219. The highest BCUT2D eigenvalue weighted by Gasteiger charge is 1.98. The molecule has 0 aliphatic carbocycles. The normalized spacial score (nSPS) is 14.7. The highest BCUT2D eigenvalue weighted by molar-refractivity contribution is 6.07. The molecular weight excluding hydrogens is 140 g/mol. The molecule has 0 aromatic rings. The number of nitriles is 2. The van der Waals surface area contributed by atoms with Crippen LogP contribution in [0.5, 0.6) is 0 Å². The van der Waals surface area contributed by atoms with Crippen molar-refractivity contribution in [1.29, 1.82) is 10.5 Å². The van der Waals surface area contributed by atoms with E-state index in [2.05, 4.69) is 5.10 Å². The van der Waals surface area contributed by atoms with Gasteiger partial charge >= 0.3 is 0 Å². The average molecular weight is 144 g/mol. The van der Waals surface area contributed by atoms with E-state index in [9.17, 15) is 0 Å². The Hall–Kier alpha value is -2.07. The minimum absolute atomic E-state index is 0.219. The van der Waals surface area contributed by atoms with Gasteiger partial charge in [0.15, 0.2) is 5.71 Å². The van der Waals surface area contributed by atoms with Crippen molar-refractivity contribution in [3.63, 3.8) is 0 Å². The van der Waals surface area contributed by atoms with Crippen molar-refractivity contribution < 1.29 is 0 Å². The number of hydrazone groups is 1. The van der Waals surface area contributed by atoms with Gasteiger partial charge in [-0.15, -0.1) is 5.10 Å². The quantitative estimate of drug-likeness (QED) is 0.471. The third-order valence-electron chi connectivity index (χ3n) is 1.02. The second kappa shape index (κ2) is 3.19. The Morgan fingerprint density at radius 2 is 2.18 bits per heavy atom. The number of allylic oxidation sites excluding steroid dienone is 3. The van der Waals surface area contributed by atoms with E-state index in [1.165, 1.54) is 12.3 Å². The molecule has 1 aliphatic rings. The van der Waals surface area contributed by atoms with Gasteiger partial charge in [-0.1, -0.05) is 6.08 Å². The highest BCUT2D eigenvalue weighted by Crippen LogP contribution is 1.96. The Labute approximate surface area is 64.0 Å². The van der Waals surface area contributed by atoms with E-state index in [4.69, 9.17) is 10.5 Å². The van der Waals surface area contributed by atoms with Crippen LogP contribution in [-0.4, -0.2) is 10.7 Å². The van der Waals surface area contributed by atoms with Gasteiger partial charge in [0.1, 0.15) is 6.07 Å². The van der Waals surface area contributed by atoms with Gasteiger partial charge in [-0.3, -0.25) is 0 Å².